The number of aliphatic hydroxyl groups is 1. The van der Waals surface area contributed by atoms with Crippen molar-refractivity contribution in [3.05, 3.63) is 28.8 Å². The lowest BCUT2D eigenvalue weighted by atomic mass is 10.0. The molecule has 1 rings (SSSR count). The molecule has 0 atom stereocenters. The first kappa shape index (κ1) is 18.4. The molecule has 4 nitrogen and oxygen atoms in total. The molecule has 0 heterocycles. The van der Waals surface area contributed by atoms with Crippen LogP contribution in [-0.2, 0) is 16.6 Å². The maximum absolute atomic E-state index is 12.7. The van der Waals surface area contributed by atoms with Crippen LogP contribution in [0.2, 0.25) is 5.02 Å². The lowest BCUT2D eigenvalue weighted by Gasteiger charge is -2.25. The van der Waals surface area contributed by atoms with E-state index in [-0.39, 0.29) is 16.5 Å². The summed E-state index contributed by atoms with van der Waals surface area (Å²) in [6, 6.07) is 4.47. The van der Waals surface area contributed by atoms with Crippen molar-refractivity contribution in [3.8, 4) is 0 Å². The standard InChI is InChI=1S/C15H24ClNO3S/c1-4-12(5-2)10-17(6-3)21(19,20)14-8-7-13(11-18)15(16)9-14/h7-9,12,18H,4-6,10-11H2,1-3H3. The number of aliphatic hydroxyl groups excluding tert-OH is 1. The van der Waals surface area contributed by atoms with E-state index in [2.05, 4.69) is 13.8 Å². The topological polar surface area (TPSA) is 57.6 Å². The van der Waals surface area contributed by atoms with Crippen molar-refractivity contribution in [1.82, 2.24) is 4.31 Å². The third-order valence-electron chi connectivity index (χ3n) is 3.80. The molecule has 0 aliphatic heterocycles. The summed E-state index contributed by atoms with van der Waals surface area (Å²) in [7, 11) is -3.55. The first-order valence-electron chi connectivity index (χ1n) is 7.30. The number of nitrogens with zero attached hydrogens (tertiary/aromatic N) is 1. The molecule has 1 aromatic rings. The van der Waals surface area contributed by atoms with Crippen LogP contribution in [-0.4, -0.2) is 30.9 Å². The zero-order valence-electron chi connectivity index (χ0n) is 12.8. The third-order valence-corrected chi connectivity index (χ3v) is 6.09. The van der Waals surface area contributed by atoms with Crippen LogP contribution in [0, 0.1) is 5.92 Å². The fraction of sp³-hybridized carbons (Fsp3) is 0.600. The Bertz CT molecular complexity index is 556. The number of hydrogen-bond acceptors (Lipinski definition) is 3. The van der Waals surface area contributed by atoms with E-state index >= 15 is 0 Å². The number of benzene rings is 1. The maximum atomic E-state index is 12.7. The van der Waals surface area contributed by atoms with Gasteiger partial charge in [0.05, 0.1) is 11.5 Å². The number of hydrogen-bond donors (Lipinski definition) is 1. The van der Waals surface area contributed by atoms with Gasteiger partial charge in [-0.1, -0.05) is 51.3 Å². The molecule has 1 N–H and O–H groups in total. The summed E-state index contributed by atoms with van der Waals surface area (Å²) in [6.07, 6.45) is 1.90. The minimum Gasteiger partial charge on any atom is -0.392 e. The lowest BCUT2D eigenvalue weighted by molar-refractivity contribution is 0.282. The SMILES string of the molecule is CCC(CC)CN(CC)S(=O)(=O)c1ccc(CO)c(Cl)c1. The first-order valence-corrected chi connectivity index (χ1v) is 9.11. The van der Waals surface area contributed by atoms with E-state index in [1.807, 2.05) is 6.92 Å². The fourth-order valence-electron chi connectivity index (χ4n) is 2.20. The molecule has 0 aromatic heterocycles. The predicted octanol–water partition coefficient (Wildman–Crippen LogP) is 3.28. The van der Waals surface area contributed by atoms with Crippen LogP contribution in [0.5, 0.6) is 0 Å². The Hall–Kier alpha value is -0.620. The van der Waals surface area contributed by atoms with Crippen molar-refractivity contribution in [2.75, 3.05) is 13.1 Å². The second kappa shape index (κ2) is 8.13. The summed E-state index contributed by atoms with van der Waals surface area (Å²) in [5.41, 5.74) is 0.527. The summed E-state index contributed by atoms with van der Waals surface area (Å²) in [6.45, 7) is 6.72. The van der Waals surface area contributed by atoms with E-state index in [1.54, 1.807) is 6.07 Å². The van der Waals surface area contributed by atoms with Crippen LogP contribution in [0.1, 0.15) is 39.2 Å². The van der Waals surface area contributed by atoms with Crippen molar-refractivity contribution < 1.29 is 13.5 Å². The minimum absolute atomic E-state index is 0.178. The van der Waals surface area contributed by atoms with Crippen molar-refractivity contribution in [1.29, 1.82) is 0 Å². The molecule has 6 heteroatoms. The summed E-state index contributed by atoms with van der Waals surface area (Å²) >= 11 is 6.00. The van der Waals surface area contributed by atoms with Gasteiger partial charge in [0.15, 0.2) is 0 Å². The van der Waals surface area contributed by atoms with Crippen LogP contribution >= 0.6 is 11.6 Å². The van der Waals surface area contributed by atoms with Gasteiger partial charge in [-0.3, -0.25) is 0 Å². The highest BCUT2D eigenvalue weighted by Gasteiger charge is 2.25. The predicted molar refractivity (Wildman–Crippen MR) is 85.9 cm³/mol. The van der Waals surface area contributed by atoms with Gasteiger partial charge in [0, 0.05) is 18.1 Å². The molecule has 0 spiro atoms. The molecule has 0 unspecified atom stereocenters. The van der Waals surface area contributed by atoms with Crippen molar-refractivity contribution in [3.63, 3.8) is 0 Å². The molecule has 21 heavy (non-hydrogen) atoms. The van der Waals surface area contributed by atoms with E-state index in [1.165, 1.54) is 16.4 Å². The molecule has 1 aromatic carbocycles. The highest BCUT2D eigenvalue weighted by Crippen LogP contribution is 2.24. The van der Waals surface area contributed by atoms with Gasteiger partial charge in [0.1, 0.15) is 0 Å². The molecule has 0 fully saturated rings. The molecule has 0 saturated carbocycles. The normalized spacial score (nSPS) is 12.3. The average Bonchev–Trinajstić information content (AvgIpc) is 2.48. The summed E-state index contributed by atoms with van der Waals surface area (Å²) in [5, 5.41) is 9.38. The highest BCUT2D eigenvalue weighted by atomic mass is 35.5. The fourth-order valence-corrected chi connectivity index (χ4v) is 4.05. The molecule has 0 bridgehead atoms. The number of halogens is 1. The molecule has 0 amide bonds. The zero-order valence-corrected chi connectivity index (χ0v) is 14.4. The van der Waals surface area contributed by atoms with Gasteiger partial charge in [-0.2, -0.15) is 4.31 Å². The molecule has 0 radical (unpaired) electrons. The first-order chi connectivity index (χ1) is 9.90. The smallest absolute Gasteiger partial charge is 0.243 e. The van der Waals surface area contributed by atoms with Crippen LogP contribution in [0.15, 0.2) is 23.1 Å². The molecule has 0 aliphatic rings. The quantitative estimate of drug-likeness (QED) is 0.794. The Morgan fingerprint density at radius 2 is 1.86 bits per heavy atom. The Kier molecular flexibility index (Phi) is 7.13. The van der Waals surface area contributed by atoms with Gasteiger partial charge in [0.25, 0.3) is 0 Å². The van der Waals surface area contributed by atoms with E-state index in [0.717, 1.165) is 12.8 Å². The Morgan fingerprint density at radius 3 is 2.29 bits per heavy atom. The number of rotatable bonds is 8. The maximum Gasteiger partial charge on any atom is 0.243 e. The molecule has 0 saturated heterocycles. The summed E-state index contributed by atoms with van der Waals surface area (Å²) in [5.74, 6) is 0.354. The Labute approximate surface area is 132 Å². The molecular formula is C15H24ClNO3S. The Morgan fingerprint density at radius 1 is 1.24 bits per heavy atom. The van der Waals surface area contributed by atoms with E-state index in [9.17, 15) is 8.42 Å². The van der Waals surface area contributed by atoms with Crippen molar-refractivity contribution >= 4 is 21.6 Å². The van der Waals surface area contributed by atoms with E-state index in [4.69, 9.17) is 16.7 Å². The Balaban J connectivity index is 3.09. The largest absolute Gasteiger partial charge is 0.392 e. The van der Waals surface area contributed by atoms with Gasteiger partial charge in [-0.25, -0.2) is 8.42 Å². The van der Waals surface area contributed by atoms with E-state index in [0.29, 0.717) is 24.6 Å². The van der Waals surface area contributed by atoms with Gasteiger partial charge < -0.3 is 5.11 Å². The summed E-state index contributed by atoms with van der Waals surface area (Å²) < 4.78 is 26.9. The van der Waals surface area contributed by atoms with Crippen LogP contribution in [0.25, 0.3) is 0 Å². The molecule has 0 aliphatic carbocycles. The van der Waals surface area contributed by atoms with Crippen LogP contribution in [0.4, 0.5) is 0 Å². The second-order valence-corrected chi connectivity index (χ2v) is 7.39. The van der Waals surface area contributed by atoms with Gasteiger partial charge >= 0.3 is 0 Å². The van der Waals surface area contributed by atoms with Crippen molar-refractivity contribution in [2.45, 2.75) is 45.1 Å². The van der Waals surface area contributed by atoms with Gasteiger partial charge in [0.2, 0.25) is 10.0 Å². The third kappa shape index (κ3) is 4.42. The van der Waals surface area contributed by atoms with Crippen molar-refractivity contribution in [2.24, 2.45) is 5.92 Å². The average molecular weight is 334 g/mol. The van der Waals surface area contributed by atoms with E-state index < -0.39 is 10.0 Å². The highest BCUT2D eigenvalue weighted by molar-refractivity contribution is 7.89. The lowest BCUT2D eigenvalue weighted by Crippen LogP contribution is -2.35. The molecule has 120 valence electrons. The van der Waals surface area contributed by atoms with Gasteiger partial charge in [-0.05, 0) is 23.6 Å². The van der Waals surface area contributed by atoms with Crippen LogP contribution < -0.4 is 0 Å². The second-order valence-electron chi connectivity index (χ2n) is 5.05. The monoisotopic (exact) mass is 333 g/mol. The van der Waals surface area contributed by atoms with Crippen LogP contribution in [0.3, 0.4) is 0 Å². The summed E-state index contributed by atoms with van der Waals surface area (Å²) in [4.78, 5) is 0.178. The molecular weight excluding hydrogens is 310 g/mol. The zero-order chi connectivity index (χ0) is 16.0. The minimum atomic E-state index is -3.55. The van der Waals surface area contributed by atoms with Gasteiger partial charge in [-0.15, -0.1) is 0 Å². The number of sulfonamides is 1.